The Hall–Kier alpha value is -3.79. The molecule has 1 aliphatic rings. The summed E-state index contributed by atoms with van der Waals surface area (Å²) in [5.74, 6) is -0.0276. The van der Waals surface area contributed by atoms with Gasteiger partial charge in [0.2, 0.25) is 0 Å². The molecule has 1 N–H and O–H groups in total. The van der Waals surface area contributed by atoms with E-state index < -0.39 is 17.5 Å². The number of anilines is 1. The summed E-state index contributed by atoms with van der Waals surface area (Å²) < 4.78 is 7.16. The van der Waals surface area contributed by atoms with Gasteiger partial charge in [0.25, 0.3) is 11.5 Å². The molecule has 10 heteroatoms. The lowest BCUT2D eigenvalue weighted by Gasteiger charge is -2.44. The van der Waals surface area contributed by atoms with Crippen LogP contribution in [0, 0.1) is 0 Å². The number of amides is 2. The topological polar surface area (TPSA) is 110 Å². The molecule has 196 valence electrons. The van der Waals surface area contributed by atoms with Gasteiger partial charge in [-0.1, -0.05) is 18.2 Å². The molecule has 2 aromatic heterocycles. The van der Waals surface area contributed by atoms with E-state index in [1.807, 2.05) is 45.0 Å². The van der Waals surface area contributed by atoms with Gasteiger partial charge in [-0.05, 0) is 57.9 Å². The average Bonchev–Trinajstić information content (AvgIpc) is 2.87. The minimum atomic E-state index is -0.503. The minimum absolute atomic E-state index is 0.00733. The number of pyridine rings is 1. The van der Waals surface area contributed by atoms with Crippen LogP contribution in [0.15, 0.2) is 59.7 Å². The Bertz CT molecular complexity index is 1280. The van der Waals surface area contributed by atoms with Gasteiger partial charge >= 0.3 is 6.09 Å². The second-order valence-corrected chi connectivity index (χ2v) is 10.2. The van der Waals surface area contributed by atoms with Crippen molar-refractivity contribution in [2.75, 3.05) is 31.6 Å². The third-order valence-electron chi connectivity index (χ3n) is 6.49. The molecule has 2 amide bonds. The van der Waals surface area contributed by atoms with E-state index in [1.54, 1.807) is 33.9 Å². The first-order chi connectivity index (χ1) is 17.7. The lowest BCUT2D eigenvalue weighted by Crippen LogP contribution is -2.55. The van der Waals surface area contributed by atoms with Crippen molar-refractivity contribution in [1.29, 1.82) is 0 Å². The monoisotopic (exact) mass is 506 g/mol. The van der Waals surface area contributed by atoms with Crippen molar-refractivity contribution in [3.63, 3.8) is 0 Å². The van der Waals surface area contributed by atoms with Gasteiger partial charge in [-0.15, -0.1) is 0 Å². The van der Waals surface area contributed by atoms with Crippen molar-refractivity contribution in [2.24, 2.45) is 0 Å². The van der Waals surface area contributed by atoms with Crippen molar-refractivity contribution in [1.82, 2.24) is 24.3 Å². The highest BCUT2D eigenvalue weighted by Gasteiger charge is 2.36. The first kappa shape index (κ1) is 26.3. The molecule has 1 saturated heterocycles. The summed E-state index contributed by atoms with van der Waals surface area (Å²) >= 11 is 0. The predicted octanol–water partition coefficient (Wildman–Crippen LogP) is 3.13. The van der Waals surface area contributed by atoms with E-state index in [-0.39, 0.29) is 18.2 Å². The fourth-order valence-corrected chi connectivity index (χ4v) is 4.77. The third-order valence-corrected chi connectivity index (χ3v) is 6.49. The quantitative estimate of drug-likeness (QED) is 0.524. The molecule has 1 aromatic carbocycles. The van der Waals surface area contributed by atoms with Crippen LogP contribution < -0.4 is 10.9 Å². The van der Waals surface area contributed by atoms with Gasteiger partial charge in [0, 0.05) is 44.0 Å². The molecule has 10 nitrogen and oxygen atoms in total. The van der Waals surface area contributed by atoms with Crippen LogP contribution in [-0.2, 0) is 16.1 Å². The molecule has 0 bridgehead atoms. The number of carbonyl (C=O) groups excluding carboxylic acids is 2. The lowest BCUT2D eigenvalue weighted by molar-refractivity contribution is -0.119. The number of para-hydroxylation sites is 2. The van der Waals surface area contributed by atoms with Gasteiger partial charge in [-0.2, -0.15) is 0 Å². The van der Waals surface area contributed by atoms with Crippen LogP contribution >= 0.6 is 0 Å². The molecule has 0 aliphatic carbocycles. The van der Waals surface area contributed by atoms with Crippen LogP contribution in [0.3, 0.4) is 0 Å². The molecular formula is C27H34N6O4. The Balaban J connectivity index is 1.31. The maximum atomic E-state index is 13.1. The van der Waals surface area contributed by atoms with Crippen molar-refractivity contribution >= 4 is 28.9 Å². The number of ether oxygens (including phenoxy) is 1. The summed E-state index contributed by atoms with van der Waals surface area (Å²) in [7, 11) is 0. The fraction of sp³-hybridized carbons (Fsp3) is 0.444. The normalized spacial score (nSPS) is 14.9. The van der Waals surface area contributed by atoms with Crippen LogP contribution in [0.1, 0.15) is 33.6 Å². The number of piperidine rings is 1. The number of nitrogens with one attached hydrogen (secondary N) is 1. The Morgan fingerprint density at radius 1 is 1.05 bits per heavy atom. The fourth-order valence-electron chi connectivity index (χ4n) is 4.77. The number of likely N-dealkylation sites (tertiary alicyclic amines) is 1. The van der Waals surface area contributed by atoms with Crippen molar-refractivity contribution in [3.05, 3.63) is 65.2 Å². The third kappa shape index (κ3) is 6.71. The molecule has 0 atom stereocenters. The molecule has 0 spiro atoms. The van der Waals surface area contributed by atoms with E-state index in [2.05, 4.69) is 20.2 Å². The zero-order valence-corrected chi connectivity index (χ0v) is 21.6. The highest BCUT2D eigenvalue weighted by atomic mass is 16.6. The maximum Gasteiger partial charge on any atom is 0.410 e. The second kappa shape index (κ2) is 11.5. The SMILES string of the molecule is CC(C)(C)N(C(=O)OCC(=O)Nc1ccccn1)C1CCN(CCn2c(=O)cnc3ccccc32)CC1. The van der Waals surface area contributed by atoms with Gasteiger partial charge in [0.1, 0.15) is 5.82 Å². The predicted molar refractivity (Wildman–Crippen MR) is 141 cm³/mol. The highest BCUT2D eigenvalue weighted by Crippen LogP contribution is 2.25. The van der Waals surface area contributed by atoms with E-state index in [1.165, 1.54) is 6.20 Å². The lowest BCUT2D eigenvalue weighted by atomic mass is 9.97. The molecule has 3 aromatic rings. The number of rotatable bonds is 7. The number of nitrogens with zero attached hydrogens (tertiary/aromatic N) is 5. The molecule has 37 heavy (non-hydrogen) atoms. The number of aromatic nitrogens is 3. The Morgan fingerprint density at radius 2 is 1.78 bits per heavy atom. The standard InChI is InChI=1S/C27H34N6O4/c1-27(2,3)33(26(36)37-19-24(34)30-23-10-6-7-13-28-23)20-11-14-31(15-12-20)16-17-32-22-9-5-4-8-21(22)29-18-25(32)35/h4-10,13,18,20H,11-12,14-17,19H2,1-3H3,(H,28,30,34). The largest absolute Gasteiger partial charge is 0.439 e. The Morgan fingerprint density at radius 3 is 2.49 bits per heavy atom. The number of carbonyl (C=O) groups is 2. The summed E-state index contributed by atoms with van der Waals surface area (Å²) in [6.07, 6.45) is 4.00. The van der Waals surface area contributed by atoms with Gasteiger partial charge in [-0.3, -0.25) is 9.59 Å². The van der Waals surface area contributed by atoms with Gasteiger partial charge in [0.15, 0.2) is 6.61 Å². The summed E-state index contributed by atoms with van der Waals surface area (Å²) in [6.45, 7) is 8.41. The molecule has 1 fully saturated rings. The molecular weight excluding hydrogens is 472 g/mol. The first-order valence-electron chi connectivity index (χ1n) is 12.6. The van der Waals surface area contributed by atoms with Crippen molar-refractivity contribution in [3.8, 4) is 0 Å². The summed E-state index contributed by atoms with van der Waals surface area (Å²) in [5.41, 5.74) is 1.06. The van der Waals surface area contributed by atoms with Crippen molar-refractivity contribution in [2.45, 2.75) is 51.7 Å². The zero-order chi connectivity index (χ0) is 26.4. The summed E-state index contributed by atoms with van der Waals surface area (Å²) in [5, 5.41) is 2.62. The van der Waals surface area contributed by atoms with E-state index in [9.17, 15) is 14.4 Å². The van der Waals surface area contributed by atoms with Crippen LogP contribution in [-0.4, -0.2) is 74.2 Å². The Kier molecular flexibility index (Phi) is 8.17. The maximum absolute atomic E-state index is 13.1. The van der Waals surface area contributed by atoms with Gasteiger partial charge in [-0.25, -0.2) is 14.8 Å². The summed E-state index contributed by atoms with van der Waals surface area (Å²) in [4.78, 5) is 50.0. The molecule has 4 rings (SSSR count). The van der Waals surface area contributed by atoms with Crippen LogP contribution in [0.5, 0.6) is 0 Å². The second-order valence-electron chi connectivity index (χ2n) is 10.2. The molecule has 0 unspecified atom stereocenters. The zero-order valence-electron chi connectivity index (χ0n) is 21.6. The van der Waals surface area contributed by atoms with E-state index in [0.717, 1.165) is 43.5 Å². The molecule has 0 radical (unpaired) electrons. The summed E-state index contributed by atoms with van der Waals surface area (Å²) in [6, 6.07) is 12.8. The molecule has 1 aliphatic heterocycles. The average molecular weight is 507 g/mol. The van der Waals surface area contributed by atoms with E-state index in [4.69, 9.17) is 4.74 Å². The Labute approximate surface area is 216 Å². The number of hydrogen-bond donors (Lipinski definition) is 1. The van der Waals surface area contributed by atoms with Crippen LogP contribution in [0.2, 0.25) is 0 Å². The van der Waals surface area contributed by atoms with Gasteiger partial charge < -0.3 is 24.4 Å². The highest BCUT2D eigenvalue weighted by molar-refractivity contribution is 5.91. The number of benzene rings is 1. The van der Waals surface area contributed by atoms with E-state index >= 15 is 0 Å². The molecule has 0 saturated carbocycles. The van der Waals surface area contributed by atoms with Crippen LogP contribution in [0.4, 0.5) is 10.6 Å². The van der Waals surface area contributed by atoms with Gasteiger partial charge in [0.05, 0.1) is 17.2 Å². The number of fused-ring (bicyclic) bond motifs is 1. The van der Waals surface area contributed by atoms with Crippen molar-refractivity contribution < 1.29 is 14.3 Å². The van der Waals surface area contributed by atoms with E-state index in [0.29, 0.717) is 12.4 Å². The first-order valence-corrected chi connectivity index (χ1v) is 12.6. The molecule has 3 heterocycles. The number of hydrogen-bond acceptors (Lipinski definition) is 7. The minimum Gasteiger partial charge on any atom is -0.439 e. The van der Waals surface area contributed by atoms with Crippen LogP contribution in [0.25, 0.3) is 11.0 Å². The smallest absolute Gasteiger partial charge is 0.410 e.